The van der Waals surface area contributed by atoms with Crippen LogP contribution in [0.2, 0.25) is 0 Å². The van der Waals surface area contributed by atoms with Crippen molar-refractivity contribution in [2.45, 2.75) is 20.3 Å². The van der Waals surface area contributed by atoms with Crippen LogP contribution in [0.25, 0.3) is 11.1 Å². The van der Waals surface area contributed by atoms with Gasteiger partial charge in [0.15, 0.2) is 0 Å². The van der Waals surface area contributed by atoms with Gasteiger partial charge >= 0.3 is 0 Å². The average molecular weight is 345 g/mol. The fourth-order valence-electron chi connectivity index (χ4n) is 2.81. The van der Waals surface area contributed by atoms with Crippen LogP contribution in [0.4, 0.5) is 5.69 Å². The molecule has 0 aromatic heterocycles. The molecule has 0 radical (unpaired) electrons. The second-order valence-electron chi connectivity index (χ2n) is 6.26. The van der Waals surface area contributed by atoms with Gasteiger partial charge in [0.25, 0.3) is 0 Å². The zero-order valence-electron chi connectivity index (χ0n) is 15.2. The Morgan fingerprint density at radius 2 is 1.62 bits per heavy atom. The van der Waals surface area contributed by atoms with Gasteiger partial charge in [-0.1, -0.05) is 60.7 Å². The lowest BCUT2D eigenvalue weighted by atomic mass is 10.0. The van der Waals surface area contributed by atoms with Gasteiger partial charge in [-0.2, -0.15) is 0 Å². The van der Waals surface area contributed by atoms with Crippen molar-refractivity contribution >= 4 is 11.6 Å². The van der Waals surface area contributed by atoms with E-state index in [4.69, 9.17) is 4.74 Å². The molecule has 0 spiro atoms. The quantitative estimate of drug-likeness (QED) is 0.651. The minimum absolute atomic E-state index is 0.0568. The molecule has 3 aromatic rings. The molecule has 26 heavy (non-hydrogen) atoms. The van der Waals surface area contributed by atoms with Crippen molar-refractivity contribution in [3.05, 3.63) is 83.9 Å². The van der Waals surface area contributed by atoms with Gasteiger partial charge in [0, 0.05) is 11.3 Å². The molecule has 1 amide bonds. The Kier molecular flexibility index (Phi) is 5.69. The molecular weight excluding hydrogens is 322 g/mol. The summed E-state index contributed by atoms with van der Waals surface area (Å²) in [6, 6.07) is 23.8. The molecule has 0 fully saturated rings. The van der Waals surface area contributed by atoms with Crippen LogP contribution in [0.15, 0.2) is 72.8 Å². The number of nitrogens with one attached hydrogen (secondary N) is 1. The van der Waals surface area contributed by atoms with E-state index in [2.05, 4.69) is 18.3 Å². The van der Waals surface area contributed by atoms with E-state index in [0.717, 1.165) is 28.1 Å². The molecule has 0 atom stereocenters. The number of para-hydroxylation sites is 1. The van der Waals surface area contributed by atoms with Crippen LogP contribution in [0.3, 0.4) is 0 Å². The first-order valence-electron chi connectivity index (χ1n) is 8.78. The summed E-state index contributed by atoms with van der Waals surface area (Å²) in [4.78, 5) is 12.3. The number of carbonyl (C=O) groups excluding carboxylic acids is 1. The summed E-state index contributed by atoms with van der Waals surface area (Å²) in [5, 5.41) is 3.00. The minimum Gasteiger partial charge on any atom is -0.493 e. The van der Waals surface area contributed by atoms with Crippen molar-refractivity contribution in [3.63, 3.8) is 0 Å². The Labute approximate surface area is 154 Å². The normalized spacial score (nSPS) is 10.4. The predicted molar refractivity (Wildman–Crippen MR) is 107 cm³/mol. The molecule has 3 rings (SSSR count). The number of hydrogen-bond acceptors (Lipinski definition) is 2. The van der Waals surface area contributed by atoms with Crippen LogP contribution in [-0.4, -0.2) is 12.5 Å². The third kappa shape index (κ3) is 4.31. The van der Waals surface area contributed by atoms with Crippen LogP contribution in [0.5, 0.6) is 5.75 Å². The Morgan fingerprint density at radius 3 is 2.42 bits per heavy atom. The summed E-state index contributed by atoms with van der Waals surface area (Å²) in [5.74, 6) is 0.779. The summed E-state index contributed by atoms with van der Waals surface area (Å²) in [5.41, 5.74) is 5.20. The number of carbonyl (C=O) groups is 1. The first-order valence-corrected chi connectivity index (χ1v) is 8.78. The smallest absolute Gasteiger partial charge is 0.227 e. The topological polar surface area (TPSA) is 38.3 Å². The molecule has 0 unspecified atom stereocenters. The van der Waals surface area contributed by atoms with Crippen LogP contribution in [0, 0.1) is 13.8 Å². The zero-order valence-corrected chi connectivity index (χ0v) is 15.2. The van der Waals surface area contributed by atoms with Gasteiger partial charge in [-0.15, -0.1) is 0 Å². The maximum atomic E-state index is 12.3. The third-order valence-corrected chi connectivity index (χ3v) is 4.43. The predicted octanol–water partition coefficient (Wildman–Crippen LogP) is 5.38. The summed E-state index contributed by atoms with van der Waals surface area (Å²) in [6.45, 7) is 4.43. The van der Waals surface area contributed by atoms with E-state index in [1.807, 2.05) is 73.7 Å². The molecule has 1 N–H and O–H groups in total. The lowest BCUT2D eigenvalue weighted by Crippen LogP contribution is -2.16. The highest BCUT2D eigenvalue weighted by atomic mass is 16.5. The fourth-order valence-corrected chi connectivity index (χ4v) is 2.81. The lowest BCUT2D eigenvalue weighted by molar-refractivity contribution is -0.116. The van der Waals surface area contributed by atoms with Crippen LogP contribution < -0.4 is 10.1 Å². The molecule has 3 aromatic carbocycles. The Hall–Kier alpha value is -3.07. The average Bonchev–Trinajstić information content (AvgIpc) is 2.66. The fraction of sp³-hybridized carbons (Fsp3) is 0.174. The van der Waals surface area contributed by atoms with Gasteiger partial charge < -0.3 is 10.1 Å². The van der Waals surface area contributed by atoms with Crippen molar-refractivity contribution in [1.29, 1.82) is 0 Å². The van der Waals surface area contributed by atoms with Gasteiger partial charge in [-0.3, -0.25) is 4.79 Å². The number of rotatable bonds is 6. The van der Waals surface area contributed by atoms with Gasteiger partial charge in [0.05, 0.1) is 13.0 Å². The molecule has 0 heterocycles. The first-order chi connectivity index (χ1) is 12.6. The minimum atomic E-state index is -0.0568. The van der Waals surface area contributed by atoms with Crippen LogP contribution >= 0.6 is 0 Å². The Morgan fingerprint density at radius 1 is 0.885 bits per heavy atom. The van der Waals surface area contributed by atoms with E-state index in [1.165, 1.54) is 5.56 Å². The van der Waals surface area contributed by atoms with Crippen LogP contribution in [-0.2, 0) is 4.79 Å². The molecule has 3 nitrogen and oxygen atoms in total. The van der Waals surface area contributed by atoms with Gasteiger partial charge in [-0.25, -0.2) is 0 Å². The molecule has 0 bridgehead atoms. The lowest BCUT2D eigenvalue weighted by Gasteiger charge is -2.13. The number of anilines is 1. The third-order valence-electron chi connectivity index (χ3n) is 4.43. The maximum Gasteiger partial charge on any atom is 0.227 e. The number of ether oxygens (including phenoxy) is 1. The van der Waals surface area contributed by atoms with Crippen molar-refractivity contribution in [3.8, 4) is 16.9 Å². The monoisotopic (exact) mass is 345 g/mol. The second-order valence-corrected chi connectivity index (χ2v) is 6.26. The maximum absolute atomic E-state index is 12.3. The molecule has 0 aliphatic heterocycles. The first kappa shape index (κ1) is 17.7. The highest BCUT2D eigenvalue weighted by molar-refractivity contribution is 5.95. The summed E-state index contributed by atoms with van der Waals surface area (Å²) in [6.07, 6.45) is 0.302. The SMILES string of the molecule is Cc1cccc(OCCC(=O)Nc2ccccc2-c2ccccc2)c1C. The standard InChI is InChI=1S/C23H23NO2/c1-17-9-8-14-22(18(17)2)26-16-15-23(25)24-21-13-7-6-12-20(21)19-10-4-3-5-11-19/h3-14H,15-16H2,1-2H3,(H,24,25). The summed E-state index contributed by atoms with van der Waals surface area (Å²) < 4.78 is 5.78. The molecule has 0 aliphatic rings. The van der Waals surface area contributed by atoms with Gasteiger partial charge in [0.2, 0.25) is 5.91 Å². The molecule has 0 aliphatic carbocycles. The summed E-state index contributed by atoms with van der Waals surface area (Å²) in [7, 11) is 0. The Balaban J connectivity index is 1.62. The van der Waals surface area contributed by atoms with Crippen LogP contribution in [0.1, 0.15) is 17.5 Å². The van der Waals surface area contributed by atoms with Gasteiger partial charge in [-0.05, 0) is 42.7 Å². The molecule has 0 saturated carbocycles. The molecule has 3 heteroatoms. The van der Waals surface area contributed by atoms with Crippen molar-refractivity contribution in [1.82, 2.24) is 0 Å². The number of benzene rings is 3. The second kappa shape index (κ2) is 8.34. The van der Waals surface area contributed by atoms with E-state index in [0.29, 0.717) is 13.0 Å². The zero-order chi connectivity index (χ0) is 18.4. The van der Waals surface area contributed by atoms with E-state index >= 15 is 0 Å². The highest BCUT2D eigenvalue weighted by Crippen LogP contribution is 2.27. The van der Waals surface area contributed by atoms with Crippen molar-refractivity contribution in [2.75, 3.05) is 11.9 Å². The Bertz CT molecular complexity index is 888. The number of hydrogen-bond donors (Lipinski definition) is 1. The van der Waals surface area contributed by atoms with E-state index in [-0.39, 0.29) is 5.91 Å². The van der Waals surface area contributed by atoms with Crippen molar-refractivity contribution in [2.24, 2.45) is 0 Å². The van der Waals surface area contributed by atoms with Crippen molar-refractivity contribution < 1.29 is 9.53 Å². The number of aryl methyl sites for hydroxylation is 1. The van der Waals surface area contributed by atoms with E-state index in [9.17, 15) is 4.79 Å². The molecule has 132 valence electrons. The van der Waals surface area contributed by atoms with E-state index in [1.54, 1.807) is 0 Å². The molecular formula is C23H23NO2. The summed E-state index contributed by atoms with van der Waals surface area (Å²) >= 11 is 0. The van der Waals surface area contributed by atoms with E-state index < -0.39 is 0 Å². The van der Waals surface area contributed by atoms with Gasteiger partial charge in [0.1, 0.15) is 5.75 Å². The largest absolute Gasteiger partial charge is 0.493 e. The highest BCUT2D eigenvalue weighted by Gasteiger charge is 2.09. The number of amides is 1. The molecule has 0 saturated heterocycles.